The van der Waals surface area contributed by atoms with Gasteiger partial charge in [0, 0.05) is 12.6 Å². The molecule has 1 heterocycles. The molecule has 0 aliphatic carbocycles. The van der Waals surface area contributed by atoms with E-state index >= 15 is 0 Å². The first kappa shape index (κ1) is 13.5. The topological polar surface area (TPSA) is 104 Å². The summed E-state index contributed by atoms with van der Waals surface area (Å²) in [7, 11) is 0. The number of H-pyrrole nitrogens is 1. The summed E-state index contributed by atoms with van der Waals surface area (Å²) in [5.41, 5.74) is 5.70. The van der Waals surface area contributed by atoms with E-state index < -0.39 is 6.10 Å². The van der Waals surface area contributed by atoms with Crippen LogP contribution in [-0.2, 0) is 0 Å². The molecule has 0 spiro atoms. The molecule has 0 bridgehead atoms. The monoisotopic (exact) mass is 240 g/mol. The van der Waals surface area contributed by atoms with Crippen LogP contribution in [-0.4, -0.2) is 33.9 Å². The van der Waals surface area contributed by atoms with Crippen molar-refractivity contribution in [3.63, 3.8) is 0 Å². The Balaban J connectivity index is 2.43. The lowest BCUT2D eigenvalue weighted by Crippen LogP contribution is -2.36. The summed E-state index contributed by atoms with van der Waals surface area (Å²) in [5.74, 6) is 0.178. The van der Waals surface area contributed by atoms with Crippen molar-refractivity contribution in [2.24, 2.45) is 5.92 Å². The predicted octanol–water partition coefficient (Wildman–Crippen LogP) is 0.519. The summed E-state index contributed by atoms with van der Waals surface area (Å²) in [5, 5.41) is 18.7. The zero-order valence-corrected chi connectivity index (χ0v) is 10.2. The second-order valence-electron chi connectivity index (χ2n) is 4.06. The Morgan fingerprint density at radius 3 is 2.71 bits per heavy atom. The first-order valence-electron chi connectivity index (χ1n) is 5.85. The maximum atomic E-state index is 11.6. The van der Waals surface area contributed by atoms with Crippen LogP contribution in [0.1, 0.15) is 37.2 Å². The number of nitrogens with two attached hydrogens (primary N) is 1. The van der Waals surface area contributed by atoms with E-state index in [1.54, 1.807) is 0 Å². The fraction of sp³-hybridized carbons (Fsp3) is 0.636. The average molecular weight is 240 g/mol. The highest BCUT2D eigenvalue weighted by molar-refractivity contribution is 5.92. The zero-order valence-electron chi connectivity index (χ0n) is 10.2. The molecule has 6 nitrogen and oxygen atoms in total. The van der Waals surface area contributed by atoms with E-state index in [4.69, 9.17) is 5.73 Å². The summed E-state index contributed by atoms with van der Waals surface area (Å²) in [6.07, 6.45) is 1.27. The maximum absolute atomic E-state index is 11.6. The predicted molar refractivity (Wildman–Crippen MR) is 65.4 cm³/mol. The molecular weight excluding hydrogens is 220 g/mol. The minimum absolute atomic E-state index is 0.210. The van der Waals surface area contributed by atoms with Crippen LogP contribution in [0.25, 0.3) is 0 Å². The van der Waals surface area contributed by atoms with Crippen molar-refractivity contribution >= 4 is 11.7 Å². The van der Waals surface area contributed by atoms with Crippen LogP contribution in [0.4, 0.5) is 5.82 Å². The van der Waals surface area contributed by atoms with Crippen LogP contribution >= 0.6 is 0 Å². The maximum Gasteiger partial charge on any atom is 0.269 e. The number of nitrogens with one attached hydrogen (secondary N) is 2. The first-order valence-corrected chi connectivity index (χ1v) is 5.85. The number of rotatable bonds is 6. The number of anilines is 1. The van der Waals surface area contributed by atoms with Crippen LogP contribution in [0.2, 0.25) is 0 Å². The van der Waals surface area contributed by atoms with E-state index in [1.807, 2.05) is 13.8 Å². The van der Waals surface area contributed by atoms with Crippen LogP contribution < -0.4 is 11.1 Å². The summed E-state index contributed by atoms with van der Waals surface area (Å²) < 4.78 is 0. The van der Waals surface area contributed by atoms with E-state index in [0.29, 0.717) is 5.69 Å². The second-order valence-corrected chi connectivity index (χ2v) is 4.06. The van der Waals surface area contributed by atoms with Crippen molar-refractivity contribution < 1.29 is 9.90 Å². The summed E-state index contributed by atoms with van der Waals surface area (Å²) >= 11 is 0. The van der Waals surface area contributed by atoms with E-state index in [2.05, 4.69) is 15.5 Å². The lowest BCUT2D eigenvalue weighted by Gasteiger charge is -2.20. The molecule has 0 aromatic carbocycles. The van der Waals surface area contributed by atoms with Crippen molar-refractivity contribution in [3.05, 3.63) is 11.8 Å². The molecule has 0 saturated heterocycles. The molecule has 1 atom stereocenters. The molecule has 0 radical (unpaired) electrons. The van der Waals surface area contributed by atoms with Gasteiger partial charge in [0.1, 0.15) is 11.5 Å². The standard InChI is InChI=1S/C11H20N4O2/c1-3-7(4-2)9(16)6-13-11(17)8-5-10(12)15-14-8/h5,7,9,16H,3-4,6H2,1-2H3,(H,13,17)(H3,12,14,15). The number of aliphatic hydroxyl groups excluding tert-OH is 1. The number of hydrogen-bond acceptors (Lipinski definition) is 4. The number of amides is 1. The van der Waals surface area contributed by atoms with E-state index in [-0.39, 0.29) is 24.2 Å². The van der Waals surface area contributed by atoms with Gasteiger partial charge in [-0.3, -0.25) is 9.89 Å². The molecular formula is C11H20N4O2. The highest BCUT2D eigenvalue weighted by Gasteiger charge is 2.17. The van der Waals surface area contributed by atoms with Gasteiger partial charge in [0.2, 0.25) is 0 Å². The molecule has 6 heteroatoms. The largest absolute Gasteiger partial charge is 0.391 e. The lowest BCUT2D eigenvalue weighted by molar-refractivity contribution is 0.0813. The Hall–Kier alpha value is -1.56. The zero-order chi connectivity index (χ0) is 12.8. The van der Waals surface area contributed by atoms with E-state index in [9.17, 15) is 9.90 Å². The molecule has 1 amide bonds. The number of aromatic nitrogens is 2. The number of nitrogens with zero attached hydrogens (tertiary/aromatic N) is 1. The quantitative estimate of drug-likeness (QED) is 0.581. The van der Waals surface area contributed by atoms with Crippen LogP contribution in [0.3, 0.4) is 0 Å². The van der Waals surface area contributed by atoms with Gasteiger partial charge in [-0.2, -0.15) is 5.10 Å². The highest BCUT2D eigenvalue weighted by atomic mass is 16.3. The number of carbonyl (C=O) groups excluding carboxylic acids is 1. The molecule has 5 N–H and O–H groups in total. The van der Waals surface area contributed by atoms with Crippen molar-refractivity contribution in [1.29, 1.82) is 0 Å². The second kappa shape index (κ2) is 6.24. The number of nitrogen functional groups attached to an aromatic ring is 1. The van der Waals surface area contributed by atoms with Gasteiger partial charge in [-0.05, 0) is 5.92 Å². The number of hydrogen-bond donors (Lipinski definition) is 4. The summed E-state index contributed by atoms with van der Waals surface area (Å²) in [4.78, 5) is 11.6. The number of aromatic amines is 1. The Labute approximate surface area is 101 Å². The van der Waals surface area contributed by atoms with Gasteiger partial charge >= 0.3 is 0 Å². The average Bonchev–Trinajstić information content (AvgIpc) is 2.74. The normalized spacial score (nSPS) is 12.7. The molecule has 0 aliphatic rings. The van der Waals surface area contributed by atoms with Crippen LogP contribution in [0.15, 0.2) is 6.07 Å². The molecule has 1 aromatic heterocycles. The Morgan fingerprint density at radius 1 is 1.59 bits per heavy atom. The fourth-order valence-electron chi connectivity index (χ4n) is 1.75. The Bertz CT molecular complexity index is 360. The van der Waals surface area contributed by atoms with E-state index in [0.717, 1.165) is 12.8 Å². The van der Waals surface area contributed by atoms with Gasteiger partial charge in [-0.25, -0.2) is 0 Å². The van der Waals surface area contributed by atoms with E-state index in [1.165, 1.54) is 6.07 Å². The number of aliphatic hydroxyl groups is 1. The van der Waals surface area contributed by atoms with Gasteiger partial charge in [0.15, 0.2) is 0 Å². The van der Waals surface area contributed by atoms with Crippen molar-refractivity contribution in [2.45, 2.75) is 32.8 Å². The molecule has 1 rings (SSSR count). The third-order valence-corrected chi connectivity index (χ3v) is 2.91. The first-order chi connectivity index (χ1) is 8.08. The summed E-state index contributed by atoms with van der Waals surface area (Å²) in [6, 6.07) is 1.46. The molecule has 1 unspecified atom stereocenters. The fourth-order valence-corrected chi connectivity index (χ4v) is 1.75. The molecule has 96 valence electrons. The van der Waals surface area contributed by atoms with Crippen molar-refractivity contribution in [2.75, 3.05) is 12.3 Å². The minimum Gasteiger partial charge on any atom is -0.391 e. The van der Waals surface area contributed by atoms with Gasteiger partial charge < -0.3 is 16.2 Å². The van der Waals surface area contributed by atoms with Crippen LogP contribution in [0, 0.1) is 5.92 Å². The minimum atomic E-state index is -0.519. The molecule has 0 aliphatic heterocycles. The van der Waals surface area contributed by atoms with Gasteiger partial charge in [-0.15, -0.1) is 0 Å². The molecule has 0 saturated carbocycles. The van der Waals surface area contributed by atoms with Crippen molar-refractivity contribution in [3.8, 4) is 0 Å². The summed E-state index contributed by atoms with van der Waals surface area (Å²) in [6.45, 7) is 4.29. The van der Waals surface area contributed by atoms with Gasteiger partial charge in [-0.1, -0.05) is 26.7 Å². The molecule has 0 fully saturated rings. The smallest absolute Gasteiger partial charge is 0.269 e. The van der Waals surface area contributed by atoms with Gasteiger partial charge in [0.05, 0.1) is 6.10 Å². The van der Waals surface area contributed by atoms with Crippen molar-refractivity contribution in [1.82, 2.24) is 15.5 Å². The molecule has 1 aromatic rings. The van der Waals surface area contributed by atoms with Crippen LogP contribution in [0.5, 0.6) is 0 Å². The third kappa shape index (κ3) is 3.74. The SMILES string of the molecule is CCC(CC)C(O)CNC(=O)c1cc(N)n[nH]1. The highest BCUT2D eigenvalue weighted by Crippen LogP contribution is 2.12. The molecule has 17 heavy (non-hydrogen) atoms. The third-order valence-electron chi connectivity index (χ3n) is 2.91. The Morgan fingerprint density at radius 2 is 2.24 bits per heavy atom. The Kier molecular flexibility index (Phi) is 4.96. The lowest BCUT2D eigenvalue weighted by atomic mass is 9.96. The van der Waals surface area contributed by atoms with Gasteiger partial charge in [0.25, 0.3) is 5.91 Å². The number of carbonyl (C=O) groups is 1.